The Hall–Kier alpha value is -2.39. The van der Waals surface area contributed by atoms with Gasteiger partial charge >= 0.3 is 0 Å². The number of rotatable bonds is 3. The van der Waals surface area contributed by atoms with Gasteiger partial charge in [0.05, 0.1) is 28.0 Å². The normalized spacial score (nSPS) is 11.0. The zero-order valence-corrected chi connectivity index (χ0v) is 11.2. The van der Waals surface area contributed by atoms with E-state index < -0.39 is 21.4 Å². The summed E-state index contributed by atoms with van der Waals surface area (Å²) in [6.45, 7) is 0. The van der Waals surface area contributed by atoms with E-state index in [0.717, 1.165) is 12.1 Å². The summed E-state index contributed by atoms with van der Waals surface area (Å²) < 4.78 is 37.8. The molecule has 102 valence electrons. The fourth-order valence-corrected chi connectivity index (χ4v) is 3.35. The third-order valence-corrected chi connectivity index (χ3v) is 4.52. The molecule has 2 N–H and O–H groups in total. The zero-order valence-electron chi connectivity index (χ0n) is 10.4. The molecule has 0 fully saturated rings. The molecule has 2 rings (SSSR count). The van der Waals surface area contributed by atoms with Crippen LogP contribution in [0, 0.1) is 17.1 Å². The predicted molar refractivity (Wildman–Crippen MR) is 72.9 cm³/mol. The highest BCUT2D eigenvalue weighted by Gasteiger charge is 2.20. The van der Waals surface area contributed by atoms with E-state index in [-0.39, 0.29) is 21.7 Å². The Morgan fingerprint density at radius 2 is 1.90 bits per heavy atom. The zero-order chi connectivity index (χ0) is 14.8. The fraction of sp³-hybridized carbons (Fsp3) is 0.0714. The third-order valence-electron chi connectivity index (χ3n) is 2.79. The molecule has 2 aromatic rings. The van der Waals surface area contributed by atoms with Crippen LogP contribution in [0.25, 0.3) is 0 Å². The predicted octanol–water partition coefficient (Wildman–Crippen LogP) is 2.25. The first-order chi connectivity index (χ1) is 9.44. The standard InChI is InChI=1S/C14H11FN2O2S/c15-12-6-5-10(8-16)11(7-12)9-20(18,19)14-4-2-1-3-13(14)17/h1-7H,9,17H2. The number of halogens is 1. The lowest BCUT2D eigenvalue weighted by Gasteiger charge is -2.08. The first kappa shape index (κ1) is 14.0. The van der Waals surface area contributed by atoms with Gasteiger partial charge in [-0.1, -0.05) is 12.1 Å². The Morgan fingerprint density at radius 1 is 1.20 bits per heavy atom. The van der Waals surface area contributed by atoms with Crippen molar-refractivity contribution in [3.63, 3.8) is 0 Å². The SMILES string of the molecule is N#Cc1ccc(F)cc1CS(=O)(=O)c1ccccc1N. The van der Waals surface area contributed by atoms with Crippen LogP contribution in [-0.4, -0.2) is 8.42 Å². The van der Waals surface area contributed by atoms with E-state index in [2.05, 4.69) is 0 Å². The van der Waals surface area contributed by atoms with Gasteiger partial charge < -0.3 is 5.73 Å². The van der Waals surface area contributed by atoms with Crippen LogP contribution in [0.3, 0.4) is 0 Å². The van der Waals surface area contributed by atoms with Crippen molar-refractivity contribution < 1.29 is 12.8 Å². The quantitative estimate of drug-likeness (QED) is 0.879. The highest BCUT2D eigenvalue weighted by Crippen LogP contribution is 2.23. The van der Waals surface area contributed by atoms with Gasteiger partial charge in [0.1, 0.15) is 5.82 Å². The maximum atomic E-state index is 13.2. The van der Waals surface area contributed by atoms with Crippen LogP contribution in [-0.2, 0) is 15.6 Å². The van der Waals surface area contributed by atoms with Crippen LogP contribution in [0.5, 0.6) is 0 Å². The van der Waals surface area contributed by atoms with E-state index >= 15 is 0 Å². The molecule has 0 saturated carbocycles. The molecule has 6 heteroatoms. The van der Waals surface area contributed by atoms with Crippen LogP contribution in [0.2, 0.25) is 0 Å². The molecule has 0 radical (unpaired) electrons. The molecule has 0 aliphatic rings. The first-order valence-corrected chi connectivity index (χ1v) is 7.35. The van der Waals surface area contributed by atoms with Crippen molar-refractivity contribution in [3.05, 3.63) is 59.4 Å². The van der Waals surface area contributed by atoms with Crippen molar-refractivity contribution in [3.8, 4) is 6.07 Å². The molecule has 0 spiro atoms. The topological polar surface area (TPSA) is 84.0 Å². The molecular weight excluding hydrogens is 279 g/mol. The van der Waals surface area contributed by atoms with Crippen molar-refractivity contribution in [1.29, 1.82) is 5.26 Å². The van der Waals surface area contributed by atoms with Gasteiger partial charge in [0.15, 0.2) is 9.84 Å². The summed E-state index contributed by atoms with van der Waals surface area (Å²) in [5.74, 6) is -1.06. The summed E-state index contributed by atoms with van der Waals surface area (Å²) in [7, 11) is -3.74. The van der Waals surface area contributed by atoms with E-state index in [9.17, 15) is 12.8 Å². The summed E-state index contributed by atoms with van der Waals surface area (Å²) in [5, 5.41) is 8.94. The molecule has 0 saturated heterocycles. The number of para-hydroxylation sites is 1. The Balaban J connectivity index is 2.47. The molecule has 20 heavy (non-hydrogen) atoms. The van der Waals surface area contributed by atoms with Crippen molar-refractivity contribution in [1.82, 2.24) is 0 Å². The van der Waals surface area contributed by atoms with Crippen LogP contribution < -0.4 is 5.73 Å². The minimum Gasteiger partial charge on any atom is -0.398 e. The Bertz CT molecular complexity index is 795. The number of anilines is 1. The number of benzene rings is 2. The number of nitrogens with two attached hydrogens (primary N) is 1. The molecule has 0 aliphatic heterocycles. The van der Waals surface area contributed by atoms with Gasteiger partial charge in [0, 0.05) is 0 Å². The van der Waals surface area contributed by atoms with Gasteiger partial charge in [0.2, 0.25) is 0 Å². The molecule has 0 heterocycles. The largest absolute Gasteiger partial charge is 0.398 e. The minimum atomic E-state index is -3.74. The van der Waals surface area contributed by atoms with Crippen LogP contribution in [0.4, 0.5) is 10.1 Å². The van der Waals surface area contributed by atoms with Crippen LogP contribution in [0.15, 0.2) is 47.4 Å². The average Bonchev–Trinajstić information content (AvgIpc) is 2.39. The Labute approximate surface area is 116 Å². The number of sulfone groups is 1. The lowest BCUT2D eigenvalue weighted by molar-refractivity contribution is 0.595. The van der Waals surface area contributed by atoms with Gasteiger partial charge in [-0.15, -0.1) is 0 Å². The number of nitriles is 1. The van der Waals surface area contributed by atoms with Gasteiger partial charge in [0.25, 0.3) is 0 Å². The van der Waals surface area contributed by atoms with Gasteiger partial charge in [-0.2, -0.15) is 5.26 Å². The van der Waals surface area contributed by atoms with E-state index in [4.69, 9.17) is 11.0 Å². The van der Waals surface area contributed by atoms with Gasteiger partial charge in [-0.25, -0.2) is 12.8 Å². The summed E-state index contributed by atoms with van der Waals surface area (Å²) in [6.07, 6.45) is 0. The molecule has 0 atom stereocenters. The van der Waals surface area contributed by atoms with Crippen LogP contribution in [0.1, 0.15) is 11.1 Å². The maximum Gasteiger partial charge on any atom is 0.184 e. The van der Waals surface area contributed by atoms with E-state index in [1.165, 1.54) is 18.2 Å². The average molecular weight is 290 g/mol. The highest BCUT2D eigenvalue weighted by molar-refractivity contribution is 7.90. The molecule has 4 nitrogen and oxygen atoms in total. The summed E-state index contributed by atoms with van der Waals surface area (Å²) in [4.78, 5) is -0.0202. The first-order valence-electron chi connectivity index (χ1n) is 5.70. The summed E-state index contributed by atoms with van der Waals surface area (Å²) in [6, 6.07) is 11.3. The van der Waals surface area contributed by atoms with E-state index in [0.29, 0.717) is 0 Å². The molecule has 0 aliphatic carbocycles. The number of nitrogens with zero attached hydrogens (tertiary/aromatic N) is 1. The number of nitrogen functional groups attached to an aromatic ring is 1. The second kappa shape index (κ2) is 5.31. The minimum absolute atomic E-state index is 0.0202. The van der Waals surface area contributed by atoms with Gasteiger partial charge in [-0.05, 0) is 35.9 Å². The fourth-order valence-electron chi connectivity index (χ4n) is 1.84. The summed E-state index contributed by atoms with van der Waals surface area (Å²) in [5.41, 5.74) is 6.02. The van der Waals surface area contributed by atoms with Gasteiger partial charge in [-0.3, -0.25) is 0 Å². The second-order valence-corrected chi connectivity index (χ2v) is 6.17. The molecule has 2 aromatic carbocycles. The molecular formula is C14H11FN2O2S. The van der Waals surface area contributed by atoms with Crippen molar-refractivity contribution >= 4 is 15.5 Å². The highest BCUT2D eigenvalue weighted by atomic mass is 32.2. The summed E-state index contributed by atoms with van der Waals surface area (Å²) >= 11 is 0. The smallest absolute Gasteiger partial charge is 0.184 e. The van der Waals surface area contributed by atoms with E-state index in [1.807, 2.05) is 6.07 Å². The maximum absolute atomic E-state index is 13.2. The Morgan fingerprint density at radius 3 is 2.55 bits per heavy atom. The lowest BCUT2D eigenvalue weighted by atomic mass is 10.1. The number of hydrogen-bond donors (Lipinski definition) is 1. The molecule has 0 unspecified atom stereocenters. The third kappa shape index (κ3) is 2.78. The molecule has 0 amide bonds. The monoisotopic (exact) mass is 290 g/mol. The lowest BCUT2D eigenvalue weighted by Crippen LogP contribution is -2.09. The van der Waals surface area contributed by atoms with Crippen molar-refractivity contribution in [2.75, 3.05) is 5.73 Å². The molecule has 0 bridgehead atoms. The second-order valence-electron chi connectivity index (χ2n) is 4.21. The van der Waals surface area contributed by atoms with Crippen molar-refractivity contribution in [2.45, 2.75) is 10.6 Å². The van der Waals surface area contributed by atoms with E-state index in [1.54, 1.807) is 12.1 Å². The number of hydrogen-bond acceptors (Lipinski definition) is 4. The van der Waals surface area contributed by atoms with Crippen LogP contribution >= 0.6 is 0 Å². The Kier molecular flexibility index (Phi) is 3.72. The van der Waals surface area contributed by atoms with Crippen molar-refractivity contribution in [2.24, 2.45) is 0 Å². The molecule has 0 aromatic heterocycles.